The molecule has 1 aliphatic rings. The number of hydrogen-bond donors (Lipinski definition) is 2. The molecule has 1 aromatic heterocycles. The number of rotatable bonds is 6. The van der Waals surface area contributed by atoms with Crippen LogP contribution in [0.1, 0.15) is 41.2 Å². The van der Waals surface area contributed by atoms with Gasteiger partial charge in [0.25, 0.3) is 5.19 Å². The summed E-state index contributed by atoms with van der Waals surface area (Å²) in [5.41, 5.74) is 4.67. The van der Waals surface area contributed by atoms with E-state index < -0.39 is 6.10 Å². The average molecular weight is 412 g/mol. The van der Waals surface area contributed by atoms with Gasteiger partial charge in [0, 0.05) is 24.4 Å². The van der Waals surface area contributed by atoms with Crippen LogP contribution < -0.4 is 4.74 Å². The normalized spacial score (nSPS) is 21.8. The van der Waals surface area contributed by atoms with E-state index in [-0.39, 0.29) is 18.8 Å². The second-order valence-corrected chi connectivity index (χ2v) is 8.32. The predicted octanol–water partition coefficient (Wildman–Crippen LogP) is 4.41. The van der Waals surface area contributed by atoms with Gasteiger partial charge in [-0.05, 0) is 47.7 Å². The van der Waals surface area contributed by atoms with E-state index >= 15 is 0 Å². The Morgan fingerprint density at radius 3 is 2.72 bits per heavy atom. The van der Waals surface area contributed by atoms with Gasteiger partial charge in [-0.25, -0.2) is 4.98 Å². The van der Waals surface area contributed by atoms with E-state index in [1.54, 1.807) is 6.20 Å². The monoisotopic (exact) mass is 411 g/mol. The van der Waals surface area contributed by atoms with Crippen LogP contribution in [0.25, 0.3) is 0 Å². The van der Waals surface area contributed by atoms with Gasteiger partial charge in [-0.15, -0.1) is 0 Å². The minimum Gasteiger partial charge on any atom is -0.431 e. The second-order valence-electron chi connectivity index (χ2n) is 7.46. The fraction of sp³-hybridized carbons (Fsp3) is 0.348. The molecular formula is C23H25NO4S. The molecule has 0 amide bonds. The maximum atomic E-state index is 10.1. The molecule has 0 bridgehead atoms. The summed E-state index contributed by atoms with van der Waals surface area (Å²) in [4.78, 5) is 4.14. The van der Waals surface area contributed by atoms with Gasteiger partial charge in [-0.1, -0.05) is 41.7 Å². The van der Waals surface area contributed by atoms with E-state index in [9.17, 15) is 10.2 Å². The number of benzene rings is 2. The lowest BCUT2D eigenvalue weighted by Gasteiger charge is -2.32. The second kappa shape index (κ2) is 9.05. The molecule has 4 rings (SSSR count). The molecule has 5 nitrogen and oxygen atoms in total. The van der Waals surface area contributed by atoms with Crippen molar-refractivity contribution in [2.24, 2.45) is 0 Å². The lowest BCUT2D eigenvalue weighted by Crippen LogP contribution is -2.33. The van der Waals surface area contributed by atoms with Crippen LogP contribution in [0.15, 0.2) is 54.0 Å². The highest BCUT2D eigenvalue weighted by Gasteiger charge is 2.29. The van der Waals surface area contributed by atoms with Crippen LogP contribution in [-0.2, 0) is 11.2 Å². The number of aromatic nitrogens is 1. The first-order valence-electron chi connectivity index (χ1n) is 9.81. The third-order valence-corrected chi connectivity index (χ3v) is 5.91. The van der Waals surface area contributed by atoms with E-state index in [1.807, 2.05) is 17.5 Å². The molecule has 1 saturated heterocycles. The molecule has 2 N–H and O–H groups in total. The molecule has 3 atom stereocenters. The van der Waals surface area contributed by atoms with Crippen LogP contribution >= 0.6 is 11.3 Å². The zero-order valence-electron chi connectivity index (χ0n) is 16.3. The SMILES string of the molecule is Cc1ccc([C@H]2CC(O)C[C@@H](CO)O2)cc1Cc1ccc(Oc2nccs2)cc1. The minimum absolute atomic E-state index is 0.0678. The summed E-state index contributed by atoms with van der Waals surface area (Å²) < 4.78 is 11.7. The zero-order valence-corrected chi connectivity index (χ0v) is 17.1. The largest absolute Gasteiger partial charge is 0.431 e. The van der Waals surface area contributed by atoms with Gasteiger partial charge < -0.3 is 19.7 Å². The van der Waals surface area contributed by atoms with Gasteiger partial charge in [0.2, 0.25) is 0 Å². The highest BCUT2D eigenvalue weighted by molar-refractivity contribution is 7.11. The first kappa shape index (κ1) is 20.0. The van der Waals surface area contributed by atoms with E-state index in [1.165, 1.54) is 28.0 Å². The summed E-state index contributed by atoms with van der Waals surface area (Å²) in [6.07, 6.45) is 2.63. The van der Waals surface area contributed by atoms with Crippen molar-refractivity contribution in [3.05, 3.63) is 76.3 Å². The first-order chi connectivity index (χ1) is 14.1. The fourth-order valence-electron chi connectivity index (χ4n) is 3.66. The summed E-state index contributed by atoms with van der Waals surface area (Å²) in [5, 5.41) is 22.1. The number of aliphatic hydroxyl groups is 2. The summed E-state index contributed by atoms with van der Waals surface area (Å²) >= 11 is 1.46. The molecule has 1 fully saturated rings. The van der Waals surface area contributed by atoms with Gasteiger partial charge in [0.1, 0.15) is 5.75 Å². The molecular weight excluding hydrogens is 386 g/mol. The molecule has 0 saturated carbocycles. The van der Waals surface area contributed by atoms with E-state index in [0.717, 1.165) is 17.7 Å². The molecule has 2 aromatic carbocycles. The summed E-state index contributed by atoms with van der Waals surface area (Å²) in [7, 11) is 0. The number of aryl methyl sites for hydroxylation is 1. The van der Waals surface area contributed by atoms with Gasteiger partial charge in [-0.3, -0.25) is 0 Å². The zero-order chi connectivity index (χ0) is 20.2. The van der Waals surface area contributed by atoms with Crippen molar-refractivity contribution in [3.63, 3.8) is 0 Å². The van der Waals surface area contributed by atoms with Gasteiger partial charge in [-0.2, -0.15) is 0 Å². The van der Waals surface area contributed by atoms with Gasteiger partial charge >= 0.3 is 0 Å². The van der Waals surface area contributed by atoms with Crippen LogP contribution in [0.2, 0.25) is 0 Å². The lowest BCUT2D eigenvalue weighted by atomic mass is 9.92. The standard InChI is InChI=1S/C23H25NO4S/c1-15-2-5-17(22-13-19(26)12-21(14-25)27-22)11-18(15)10-16-3-6-20(7-4-16)28-23-24-8-9-29-23/h2-9,11,19,21-22,25-26H,10,12-14H2,1H3/t19?,21-,22+/m0/s1. The first-order valence-corrected chi connectivity index (χ1v) is 10.7. The molecule has 0 aliphatic carbocycles. The maximum Gasteiger partial charge on any atom is 0.278 e. The van der Waals surface area contributed by atoms with Crippen molar-refractivity contribution in [1.82, 2.24) is 4.98 Å². The summed E-state index contributed by atoms with van der Waals surface area (Å²) in [5.74, 6) is 0.772. The van der Waals surface area contributed by atoms with Crippen molar-refractivity contribution >= 4 is 11.3 Å². The Balaban J connectivity index is 1.48. The van der Waals surface area contributed by atoms with Crippen molar-refractivity contribution < 1.29 is 19.7 Å². The molecule has 1 aliphatic heterocycles. The van der Waals surface area contributed by atoms with Crippen molar-refractivity contribution in [3.8, 4) is 10.9 Å². The van der Waals surface area contributed by atoms with Crippen molar-refractivity contribution in [1.29, 1.82) is 0 Å². The Morgan fingerprint density at radius 2 is 2.00 bits per heavy atom. The third kappa shape index (κ3) is 5.03. The number of hydrogen-bond acceptors (Lipinski definition) is 6. The Morgan fingerprint density at radius 1 is 1.17 bits per heavy atom. The predicted molar refractivity (Wildman–Crippen MR) is 113 cm³/mol. The lowest BCUT2D eigenvalue weighted by molar-refractivity contribution is -0.113. The van der Waals surface area contributed by atoms with E-state index in [4.69, 9.17) is 9.47 Å². The molecule has 1 unspecified atom stereocenters. The third-order valence-electron chi connectivity index (χ3n) is 5.26. The van der Waals surface area contributed by atoms with Crippen LogP contribution in [-0.4, -0.2) is 34.0 Å². The fourth-order valence-corrected chi connectivity index (χ4v) is 4.17. The average Bonchev–Trinajstić information content (AvgIpc) is 3.23. The molecule has 3 aromatic rings. The molecule has 29 heavy (non-hydrogen) atoms. The molecule has 0 radical (unpaired) electrons. The Bertz CT molecular complexity index is 927. The highest BCUT2D eigenvalue weighted by Crippen LogP contribution is 2.33. The Labute approximate surface area is 174 Å². The molecule has 6 heteroatoms. The number of thiazole rings is 1. The number of nitrogens with zero attached hydrogens (tertiary/aromatic N) is 1. The maximum absolute atomic E-state index is 10.1. The van der Waals surface area contributed by atoms with Crippen molar-refractivity contribution in [2.45, 2.75) is 44.5 Å². The van der Waals surface area contributed by atoms with E-state index in [2.05, 4.69) is 42.2 Å². The van der Waals surface area contributed by atoms with Crippen LogP contribution in [0, 0.1) is 6.92 Å². The van der Waals surface area contributed by atoms with Crippen LogP contribution in [0.4, 0.5) is 0 Å². The minimum atomic E-state index is -0.443. The van der Waals surface area contributed by atoms with Crippen LogP contribution in [0.5, 0.6) is 10.9 Å². The van der Waals surface area contributed by atoms with Gasteiger partial charge in [0.05, 0.1) is 24.9 Å². The number of ether oxygens (including phenoxy) is 2. The highest BCUT2D eigenvalue weighted by atomic mass is 32.1. The summed E-state index contributed by atoms with van der Waals surface area (Å²) in [6.45, 7) is 2.04. The topological polar surface area (TPSA) is 71.8 Å². The Kier molecular flexibility index (Phi) is 6.25. The molecule has 0 spiro atoms. The summed E-state index contributed by atoms with van der Waals surface area (Å²) in [6, 6.07) is 14.4. The molecule has 2 heterocycles. The molecule has 152 valence electrons. The van der Waals surface area contributed by atoms with Crippen molar-refractivity contribution in [2.75, 3.05) is 6.61 Å². The quantitative estimate of drug-likeness (QED) is 0.629. The van der Waals surface area contributed by atoms with Gasteiger partial charge in [0.15, 0.2) is 0 Å². The van der Waals surface area contributed by atoms with Crippen LogP contribution in [0.3, 0.4) is 0 Å². The smallest absolute Gasteiger partial charge is 0.278 e. The Hall–Kier alpha value is -2.25. The number of aliphatic hydroxyl groups excluding tert-OH is 2. The van der Waals surface area contributed by atoms with E-state index in [0.29, 0.717) is 18.0 Å².